The molecule has 9 nitrogen and oxygen atoms in total. The Balaban J connectivity index is 1.69. The smallest absolute Gasteiger partial charge is 0.408 e. The third kappa shape index (κ3) is 7.92. The van der Waals surface area contributed by atoms with Crippen molar-refractivity contribution in [2.24, 2.45) is 15.7 Å². The monoisotopic (exact) mass is 424 g/mol. The first-order valence-corrected chi connectivity index (χ1v) is 9.87. The van der Waals surface area contributed by atoms with Crippen LogP contribution in [0.3, 0.4) is 0 Å². The molecule has 0 amide bonds. The number of nitrogens with two attached hydrogens (primary N) is 2. The van der Waals surface area contributed by atoms with Gasteiger partial charge in [0, 0.05) is 16.3 Å². The molecule has 0 aliphatic carbocycles. The molecule has 2 aromatic heterocycles. The van der Waals surface area contributed by atoms with E-state index in [0.29, 0.717) is 17.2 Å². The first-order valence-electron chi connectivity index (χ1n) is 7.88. The summed E-state index contributed by atoms with van der Waals surface area (Å²) in [6, 6.07) is 0. The van der Waals surface area contributed by atoms with E-state index in [1.54, 1.807) is 0 Å². The number of unbranched alkanes of at least 4 members (excludes halogenated alkanes) is 2. The number of aryl methyl sites for hydroxylation is 1. The summed E-state index contributed by atoms with van der Waals surface area (Å²) in [6.45, 7) is -0.803. The number of rotatable bonds is 8. The van der Waals surface area contributed by atoms with Gasteiger partial charge < -0.3 is 21.3 Å². The maximum Gasteiger partial charge on any atom is 0.408 e. The summed E-state index contributed by atoms with van der Waals surface area (Å²) in [5.41, 5.74) is 12.1. The van der Waals surface area contributed by atoms with E-state index in [1.807, 2.05) is 5.38 Å². The molecule has 0 radical (unpaired) electrons. The van der Waals surface area contributed by atoms with Crippen molar-refractivity contribution in [3.8, 4) is 0 Å². The van der Waals surface area contributed by atoms with E-state index in [1.165, 1.54) is 11.3 Å². The number of alkyl halides is 3. The molecule has 14 heteroatoms. The number of thiazole rings is 1. The Hall–Kier alpha value is -2.19. The van der Waals surface area contributed by atoms with Crippen LogP contribution in [0.25, 0.3) is 0 Å². The number of aromatic nitrogens is 3. The summed E-state index contributed by atoms with van der Waals surface area (Å²) >= 11 is -0.282. The van der Waals surface area contributed by atoms with E-state index in [0.717, 1.165) is 31.4 Å². The van der Waals surface area contributed by atoms with Crippen LogP contribution in [0.2, 0.25) is 0 Å². The van der Waals surface area contributed by atoms with Gasteiger partial charge in [0.15, 0.2) is 22.2 Å². The maximum absolute atomic E-state index is 12.1. The lowest BCUT2D eigenvalue weighted by molar-refractivity contribution is -0.118. The Morgan fingerprint density at radius 3 is 2.81 bits per heavy atom. The summed E-state index contributed by atoms with van der Waals surface area (Å²) in [4.78, 5) is 11.7. The summed E-state index contributed by atoms with van der Waals surface area (Å²) < 4.78 is 53.5. The van der Waals surface area contributed by atoms with Crippen LogP contribution < -0.4 is 22.3 Å². The number of nitrogens with zero attached hydrogens (tertiary/aromatic N) is 4. The van der Waals surface area contributed by atoms with Gasteiger partial charge in [0.2, 0.25) is 11.3 Å². The largest absolute Gasteiger partial charge is 0.548 e. The standard InChI is InChI=1S/C13H19F3N8OS2/c14-13(15,16)7-20-11(18)22-12-21-8(6-26-12)4-2-1-3-5-19-10-9(17)23-27(25)24-10/h6H,1-5,7H2,(H2,17,23)(H,19,24)(H3,18,20,21,22). The number of halogens is 3. The van der Waals surface area contributed by atoms with E-state index >= 15 is 0 Å². The highest BCUT2D eigenvalue weighted by Crippen LogP contribution is 2.18. The number of hydrogen-bond donors (Lipinski definition) is 4. The molecular formula is C13H19F3N8OS2. The second kappa shape index (κ2) is 9.66. The lowest BCUT2D eigenvalue weighted by Crippen LogP contribution is -2.25. The van der Waals surface area contributed by atoms with E-state index in [-0.39, 0.29) is 11.8 Å². The Bertz CT molecular complexity index is 826. The molecule has 1 unspecified atom stereocenters. The number of aliphatic imine (C=N–C) groups is 1. The van der Waals surface area contributed by atoms with Crippen LogP contribution in [0.15, 0.2) is 15.4 Å². The average molecular weight is 424 g/mol. The fraction of sp³-hybridized carbons (Fsp3) is 0.538. The molecule has 0 aliphatic heterocycles. The van der Waals surface area contributed by atoms with Crippen molar-refractivity contribution in [3.63, 3.8) is 0 Å². The Labute approximate surface area is 159 Å². The zero-order valence-corrected chi connectivity index (χ0v) is 15.8. The zero-order chi connectivity index (χ0) is 19.9. The van der Waals surface area contributed by atoms with Crippen molar-refractivity contribution < 1.29 is 17.7 Å². The van der Waals surface area contributed by atoms with Crippen molar-refractivity contribution in [2.45, 2.75) is 31.9 Å². The highest BCUT2D eigenvalue weighted by Gasteiger charge is 2.26. The summed E-state index contributed by atoms with van der Waals surface area (Å²) in [5.74, 6) is -0.175. The van der Waals surface area contributed by atoms with Crippen LogP contribution >= 0.6 is 22.5 Å². The maximum atomic E-state index is 12.1. The molecule has 0 saturated carbocycles. The Kier molecular flexibility index (Phi) is 7.55. The predicted molar refractivity (Wildman–Crippen MR) is 97.9 cm³/mol. The molecular weight excluding hydrogens is 405 g/mol. The van der Waals surface area contributed by atoms with Gasteiger partial charge in [-0.15, -0.1) is 15.7 Å². The lowest BCUT2D eigenvalue weighted by atomic mass is 10.1. The summed E-state index contributed by atoms with van der Waals surface area (Å²) in [7, 11) is 0. The SMILES string of the molecule is NC(=NCC(F)(F)F)Nc1nc(CCCCCN=c2[nH][s+]([O-])nc2N)cs1. The Morgan fingerprint density at radius 2 is 2.15 bits per heavy atom. The third-order valence-corrected chi connectivity index (χ3v) is 4.72. The van der Waals surface area contributed by atoms with Gasteiger partial charge in [0.05, 0.1) is 5.69 Å². The van der Waals surface area contributed by atoms with Crippen molar-refractivity contribution >= 4 is 39.4 Å². The van der Waals surface area contributed by atoms with E-state index in [4.69, 9.17) is 11.5 Å². The van der Waals surface area contributed by atoms with Crippen LogP contribution in [0.4, 0.5) is 24.1 Å². The minimum Gasteiger partial charge on any atom is -0.548 e. The quantitative estimate of drug-likeness (QED) is 0.219. The number of aromatic amines is 1. The lowest BCUT2D eigenvalue weighted by Gasteiger charge is -2.04. The molecule has 0 bridgehead atoms. The van der Waals surface area contributed by atoms with Gasteiger partial charge in [-0.2, -0.15) is 13.2 Å². The van der Waals surface area contributed by atoms with Crippen molar-refractivity contribution in [1.29, 1.82) is 0 Å². The second-order valence-electron chi connectivity index (χ2n) is 5.45. The minimum absolute atomic E-state index is 0.147. The average Bonchev–Trinajstić information content (AvgIpc) is 3.14. The molecule has 6 N–H and O–H groups in total. The number of H-pyrrole nitrogens is 1. The van der Waals surface area contributed by atoms with Gasteiger partial charge in [-0.05, 0) is 19.3 Å². The van der Waals surface area contributed by atoms with E-state index < -0.39 is 23.9 Å². The molecule has 2 aromatic rings. The molecule has 0 aromatic carbocycles. The molecule has 27 heavy (non-hydrogen) atoms. The summed E-state index contributed by atoms with van der Waals surface area (Å²) in [6.07, 6.45) is -1.09. The predicted octanol–water partition coefficient (Wildman–Crippen LogP) is 1.78. The van der Waals surface area contributed by atoms with Crippen molar-refractivity contribution in [1.82, 2.24) is 13.7 Å². The topological polar surface area (TPSA) is 153 Å². The van der Waals surface area contributed by atoms with Gasteiger partial charge in [-0.3, -0.25) is 4.99 Å². The van der Waals surface area contributed by atoms with Gasteiger partial charge in [-0.1, -0.05) is 6.42 Å². The number of anilines is 2. The minimum atomic E-state index is -4.39. The van der Waals surface area contributed by atoms with Gasteiger partial charge in [-0.25, -0.2) is 9.98 Å². The number of guanidine groups is 1. The normalized spacial score (nSPS) is 14.0. The van der Waals surface area contributed by atoms with E-state index in [9.17, 15) is 17.7 Å². The molecule has 0 fully saturated rings. The molecule has 0 aliphatic rings. The highest BCUT2D eigenvalue weighted by atomic mass is 32.2. The van der Waals surface area contributed by atoms with Crippen LogP contribution in [0, 0.1) is 0 Å². The molecule has 2 heterocycles. The van der Waals surface area contributed by atoms with Crippen LogP contribution in [-0.4, -0.2) is 43.5 Å². The van der Waals surface area contributed by atoms with Crippen molar-refractivity contribution in [3.05, 3.63) is 16.6 Å². The van der Waals surface area contributed by atoms with E-state index in [2.05, 4.69) is 29.0 Å². The fourth-order valence-electron chi connectivity index (χ4n) is 1.99. The number of nitrogen functional groups attached to an aromatic ring is 1. The molecule has 1 atom stereocenters. The number of nitrogens with one attached hydrogen (secondary N) is 2. The first-order chi connectivity index (χ1) is 12.7. The van der Waals surface area contributed by atoms with Crippen LogP contribution in [-0.2, 0) is 6.42 Å². The van der Waals surface area contributed by atoms with Gasteiger partial charge in [0.25, 0.3) is 0 Å². The molecule has 2 rings (SSSR count). The van der Waals surface area contributed by atoms with Crippen LogP contribution in [0.1, 0.15) is 25.0 Å². The summed E-state index contributed by atoms with van der Waals surface area (Å²) in [5, 5.41) is 4.76. The fourth-order valence-corrected chi connectivity index (χ4v) is 3.39. The first kappa shape index (κ1) is 21.1. The molecule has 0 saturated heterocycles. The molecule has 0 spiro atoms. The zero-order valence-electron chi connectivity index (χ0n) is 14.1. The van der Waals surface area contributed by atoms with Crippen LogP contribution in [0.5, 0.6) is 0 Å². The Morgan fingerprint density at radius 1 is 1.37 bits per heavy atom. The molecule has 150 valence electrons. The van der Waals surface area contributed by atoms with Gasteiger partial charge >= 0.3 is 6.18 Å². The highest BCUT2D eigenvalue weighted by molar-refractivity contribution is 7.14. The third-order valence-electron chi connectivity index (χ3n) is 3.18. The second-order valence-corrected chi connectivity index (χ2v) is 7.20. The van der Waals surface area contributed by atoms with Crippen molar-refractivity contribution in [2.75, 3.05) is 24.1 Å². The van der Waals surface area contributed by atoms with Gasteiger partial charge in [0.1, 0.15) is 6.54 Å². The number of hydrogen-bond acceptors (Lipinski definition) is 7.